The summed E-state index contributed by atoms with van der Waals surface area (Å²) in [6.45, 7) is 12.5. The third-order valence-corrected chi connectivity index (χ3v) is 5.76. The Morgan fingerprint density at radius 2 is 1.69 bits per heavy atom. The van der Waals surface area contributed by atoms with E-state index >= 15 is 0 Å². The van der Waals surface area contributed by atoms with E-state index in [0.717, 1.165) is 71.0 Å². The van der Waals surface area contributed by atoms with Crippen molar-refractivity contribution in [3.63, 3.8) is 0 Å². The summed E-state index contributed by atoms with van der Waals surface area (Å²) in [5, 5.41) is 0. The molecule has 0 bridgehead atoms. The zero-order chi connectivity index (χ0) is 18.5. The quantitative estimate of drug-likeness (QED) is 0.818. The molecule has 2 fully saturated rings. The van der Waals surface area contributed by atoms with E-state index in [1.807, 2.05) is 24.0 Å². The summed E-state index contributed by atoms with van der Waals surface area (Å²) in [5.74, 6) is 0.0589. The number of carbonyl (C=O) groups excluding carboxylic acids is 1. The van der Waals surface area contributed by atoms with Gasteiger partial charge in [-0.2, -0.15) is 0 Å². The Morgan fingerprint density at radius 1 is 1.00 bits per heavy atom. The molecule has 3 rings (SSSR count). The van der Waals surface area contributed by atoms with E-state index < -0.39 is 0 Å². The Hall–Kier alpha value is -1.66. The average molecular weight is 362 g/mol. The maximum Gasteiger partial charge on any atom is 0.239 e. The van der Waals surface area contributed by atoms with Gasteiger partial charge in [0.15, 0.2) is 0 Å². The standard InChI is InChI=1S/C20H31FN4O/c1-3-22-11-13-25(14-12-22)20(26)17(2)23-9-4-10-24(16-15-23)19-7-5-18(21)6-8-19/h5-8,17H,3-4,9-16H2,1-2H3. The summed E-state index contributed by atoms with van der Waals surface area (Å²) in [5.41, 5.74) is 1.06. The first-order chi connectivity index (χ1) is 12.6. The van der Waals surface area contributed by atoms with Crippen LogP contribution in [0, 0.1) is 5.82 Å². The van der Waals surface area contributed by atoms with Crippen molar-refractivity contribution in [1.29, 1.82) is 0 Å². The molecule has 0 N–H and O–H groups in total. The third-order valence-electron chi connectivity index (χ3n) is 5.76. The van der Waals surface area contributed by atoms with E-state index in [0.29, 0.717) is 0 Å². The minimum Gasteiger partial charge on any atom is -0.370 e. The number of likely N-dealkylation sites (N-methyl/N-ethyl adjacent to an activating group) is 1. The van der Waals surface area contributed by atoms with Crippen LogP contribution in [-0.4, -0.2) is 85.6 Å². The summed E-state index contributed by atoms with van der Waals surface area (Å²) in [6.07, 6.45) is 1.01. The Labute approximate surface area is 156 Å². The van der Waals surface area contributed by atoms with Crippen molar-refractivity contribution in [2.45, 2.75) is 26.3 Å². The van der Waals surface area contributed by atoms with Gasteiger partial charge in [0.05, 0.1) is 6.04 Å². The molecule has 2 aliphatic heterocycles. The first-order valence-electron chi connectivity index (χ1n) is 9.84. The number of rotatable bonds is 4. The zero-order valence-corrected chi connectivity index (χ0v) is 16.0. The highest BCUT2D eigenvalue weighted by Gasteiger charge is 2.29. The molecule has 1 amide bonds. The van der Waals surface area contributed by atoms with E-state index in [-0.39, 0.29) is 17.8 Å². The van der Waals surface area contributed by atoms with Crippen molar-refractivity contribution in [2.24, 2.45) is 0 Å². The molecule has 26 heavy (non-hydrogen) atoms. The average Bonchev–Trinajstić information content (AvgIpc) is 2.94. The van der Waals surface area contributed by atoms with Crippen molar-refractivity contribution in [3.05, 3.63) is 30.1 Å². The number of piperazine rings is 1. The molecule has 0 aromatic heterocycles. The highest BCUT2D eigenvalue weighted by atomic mass is 19.1. The molecule has 144 valence electrons. The SMILES string of the molecule is CCN1CCN(C(=O)C(C)N2CCCN(c3ccc(F)cc3)CC2)CC1. The van der Waals surface area contributed by atoms with Gasteiger partial charge in [-0.05, 0) is 44.2 Å². The van der Waals surface area contributed by atoms with Crippen LogP contribution in [0.4, 0.5) is 10.1 Å². The fourth-order valence-corrected chi connectivity index (χ4v) is 3.94. The second-order valence-electron chi connectivity index (χ2n) is 7.29. The maximum absolute atomic E-state index is 13.1. The number of halogens is 1. The van der Waals surface area contributed by atoms with Crippen LogP contribution in [-0.2, 0) is 4.79 Å². The van der Waals surface area contributed by atoms with Crippen molar-refractivity contribution in [2.75, 3.05) is 63.8 Å². The predicted molar refractivity (Wildman–Crippen MR) is 103 cm³/mol. The molecule has 0 aliphatic carbocycles. The van der Waals surface area contributed by atoms with Crippen LogP contribution in [0.15, 0.2) is 24.3 Å². The smallest absolute Gasteiger partial charge is 0.239 e. The van der Waals surface area contributed by atoms with Gasteiger partial charge < -0.3 is 14.7 Å². The van der Waals surface area contributed by atoms with Crippen LogP contribution in [0.3, 0.4) is 0 Å². The Kier molecular flexibility index (Phi) is 6.48. The lowest BCUT2D eigenvalue weighted by Crippen LogP contribution is -2.54. The van der Waals surface area contributed by atoms with Crippen LogP contribution in [0.1, 0.15) is 20.3 Å². The van der Waals surface area contributed by atoms with Gasteiger partial charge in [0.2, 0.25) is 5.91 Å². The number of carbonyl (C=O) groups is 1. The lowest BCUT2D eigenvalue weighted by Gasteiger charge is -2.37. The Morgan fingerprint density at radius 3 is 2.35 bits per heavy atom. The van der Waals surface area contributed by atoms with Gasteiger partial charge in [-0.25, -0.2) is 4.39 Å². The molecule has 1 unspecified atom stereocenters. The van der Waals surface area contributed by atoms with Crippen LogP contribution >= 0.6 is 0 Å². The van der Waals surface area contributed by atoms with Crippen molar-refractivity contribution >= 4 is 11.6 Å². The Balaban J connectivity index is 1.54. The van der Waals surface area contributed by atoms with Crippen molar-refractivity contribution < 1.29 is 9.18 Å². The highest BCUT2D eigenvalue weighted by Crippen LogP contribution is 2.18. The topological polar surface area (TPSA) is 30.0 Å². The number of hydrogen-bond donors (Lipinski definition) is 0. The second kappa shape index (κ2) is 8.82. The van der Waals surface area contributed by atoms with E-state index in [9.17, 15) is 9.18 Å². The van der Waals surface area contributed by atoms with Crippen LogP contribution in [0.5, 0.6) is 0 Å². The molecule has 1 aromatic carbocycles. The summed E-state index contributed by atoms with van der Waals surface area (Å²) in [6, 6.07) is 6.64. The first kappa shape index (κ1) is 19.1. The van der Waals surface area contributed by atoms with Crippen molar-refractivity contribution in [1.82, 2.24) is 14.7 Å². The van der Waals surface area contributed by atoms with Gasteiger partial charge in [-0.15, -0.1) is 0 Å². The highest BCUT2D eigenvalue weighted by molar-refractivity contribution is 5.81. The van der Waals surface area contributed by atoms with E-state index in [1.54, 1.807) is 0 Å². The molecule has 5 nitrogen and oxygen atoms in total. The minimum absolute atomic E-state index is 0.0728. The fourth-order valence-electron chi connectivity index (χ4n) is 3.94. The van der Waals surface area contributed by atoms with Gasteiger partial charge in [0.1, 0.15) is 5.82 Å². The molecule has 2 aliphatic rings. The lowest BCUT2D eigenvalue weighted by atomic mass is 10.2. The Bertz CT molecular complexity index is 586. The largest absolute Gasteiger partial charge is 0.370 e. The molecule has 0 saturated carbocycles. The summed E-state index contributed by atoms with van der Waals surface area (Å²) >= 11 is 0. The van der Waals surface area contributed by atoms with Crippen LogP contribution < -0.4 is 4.90 Å². The zero-order valence-electron chi connectivity index (χ0n) is 16.0. The first-order valence-corrected chi connectivity index (χ1v) is 9.84. The molecule has 6 heteroatoms. The number of nitrogens with zero attached hydrogens (tertiary/aromatic N) is 4. The van der Waals surface area contributed by atoms with Crippen molar-refractivity contribution in [3.8, 4) is 0 Å². The van der Waals surface area contributed by atoms with Gasteiger partial charge in [-0.3, -0.25) is 9.69 Å². The van der Waals surface area contributed by atoms with Crippen LogP contribution in [0.25, 0.3) is 0 Å². The fraction of sp³-hybridized carbons (Fsp3) is 0.650. The third kappa shape index (κ3) is 4.54. The molecule has 2 saturated heterocycles. The van der Waals surface area contributed by atoms with Gasteiger partial charge >= 0.3 is 0 Å². The minimum atomic E-state index is -0.201. The molecular formula is C20H31FN4O. The summed E-state index contributed by atoms with van der Waals surface area (Å²) in [4.78, 5) is 21.9. The normalized spacial score (nSPS) is 21.5. The lowest BCUT2D eigenvalue weighted by molar-refractivity contribution is -0.138. The molecule has 0 radical (unpaired) electrons. The second-order valence-corrected chi connectivity index (χ2v) is 7.29. The number of amides is 1. The molecule has 1 atom stereocenters. The number of benzene rings is 1. The van der Waals surface area contributed by atoms with E-state index in [1.165, 1.54) is 12.1 Å². The van der Waals surface area contributed by atoms with Gasteiger partial charge in [0, 0.05) is 58.0 Å². The summed E-state index contributed by atoms with van der Waals surface area (Å²) < 4.78 is 13.1. The van der Waals surface area contributed by atoms with E-state index in [2.05, 4.69) is 21.6 Å². The molecule has 1 aromatic rings. The van der Waals surface area contributed by atoms with Gasteiger partial charge in [0.25, 0.3) is 0 Å². The maximum atomic E-state index is 13.1. The predicted octanol–water partition coefficient (Wildman–Crippen LogP) is 1.89. The number of anilines is 1. The molecular weight excluding hydrogens is 331 g/mol. The van der Waals surface area contributed by atoms with Gasteiger partial charge in [-0.1, -0.05) is 6.92 Å². The van der Waals surface area contributed by atoms with Crippen LogP contribution in [0.2, 0.25) is 0 Å². The molecule has 2 heterocycles. The number of hydrogen-bond acceptors (Lipinski definition) is 4. The monoisotopic (exact) mass is 362 g/mol. The summed E-state index contributed by atoms with van der Waals surface area (Å²) in [7, 11) is 0. The van der Waals surface area contributed by atoms with E-state index in [4.69, 9.17) is 0 Å². The molecule has 0 spiro atoms.